The Morgan fingerprint density at radius 2 is 1.33 bits per heavy atom. The van der Waals surface area contributed by atoms with E-state index in [4.69, 9.17) is 14.2 Å². The first kappa shape index (κ1) is 33.7. The van der Waals surface area contributed by atoms with E-state index in [9.17, 15) is 19.2 Å². The van der Waals surface area contributed by atoms with Gasteiger partial charge in [0, 0.05) is 19.5 Å². The van der Waals surface area contributed by atoms with Gasteiger partial charge in [-0.05, 0) is 79.2 Å². The van der Waals surface area contributed by atoms with Gasteiger partial charge in [-0.15, -0.1) is 0 Å². The van der Waals surface area contributed by atoms with Crippen LogP contribution >= 0.6 is 0 Å². The zero-order chi connectivity index (χ0) is 29.3. The fourth-order valence-corrected chi connectivity index (χ4v) is 3.41. The van der Waals surface area contributed by atoms with Crippen LogP contribution in [0.1, 0.15) is 92.1 Å². The number of rotatable bonds is 15. The highest BCUT2D eigenvalue weighted by Crippen LogP contribution is 2.10. The molecule has 0 aromatic heterocycles. The summed E-state index contributed by atoms with van der Waals surface area (Å²) in [5, 5.41) is 8.19. The molecule has 0 fully saturated rings. The topological polar surface area (TPSA) is 132 Å². The van der Waals surface area contributed by atoms with E-state index in [-0.39, 0.29) is 18.5 Å². The SMILES string of the molecule is CC(C)(C)OC(=O)NCCCC[C@H](NC(=O)OC(C)(C)C)C(=O)NCCCCCC(=O)OCc1ccccc1. The number of benzene rings is 1. The van der Waals surface area contributed by atoms with Crippen molar-refractivity contribution in [3.05, 3.63) is 35.9 Å². The third-order valence-corrected chi connectivity index (χ3v) is 5.19. The van der Waals surface area contributed by atoms with Crippen molar-refractivity contribution in [1.29, 1.82) is 0 Å². The second-order valence-corrected chi connectivity index (χ2v) is 11.4. The van der Waals surface area contributed by atoms with Crippen molar-refractivity contribution in [2.24, 2.45) is 0 Å². The van der Waals surface area contributed by atoms with Gasteiger partial charge in [-0.3, -0.25) is 9.59 Å². The second kappa shape index (κ2) is 17.3. The van der Waals surface area contributed by atoms with Gasteiger partial charge in [0.15, 0.2) is 0 Å². The first-order chi connectivity index (χ1) is 18.2. The molecule has 10 nitrogen and oxygen atoms in total. The van der Waals surface area contributed by atoms with Crippen LogP contribution in [-0.2, 0) is 30.4 Å². The molecule has 1 atom stereocenters. The summed E-state index contributed by atoms with van der Waals surface area (Å²) in [7, 11) is 0. The Balaban J connectivity index is 2.36. The third kappa shape index (κ3) is 18.6. The minimum Gasteiger partial charge on any atom is -0.461 e. The van der Waals surface area contributed by atoms with Crippen LogP contribution in [0.3, 0.4) is 0 Å². The molecule has 1 rings (SSSR count). The Morgan fingerprint density at radius 3 is 1.97 bits per heavy atom. The largest absolute Gasteiger partial charge is 0.461 e. The van der Waals surface area contributed by atoms with Crippen LogP contribution in [0.4, 0.5) is 9.59 Å². The molecular formula is C29H47N3O7. The van der Waals surface area contributed by atoms with E-state index in [0.717, 1.165) is 12.0 Å². The molecule has 0 spiro atoms. The summed E-state index contributed by atoms with van der Waals surface area (Å²) in [6.07, 6.45) is 2.85. The van der Waals surface area contributed by atoms with Gasteiger partial charge in [0.25, 0.3) is 0 Å². The Bertz CT molecular complexity index is 892. The lowest BCUT2D eigenvalue weighted by Gasteiger charge is -2.23. The minimum absolute atomic E-state index is 0.245. The van der Waals surface area contributed by atoms with Gasteiger partial charge < -0.3 is 30.2 Å². The van der Waals surface area contributed by atoms with Crippen LogP contribution in [-0.4, -0.2) is 54.4 Å². The maximum Gasteiger partial charge on any atom is 0.408 e. The van der Waals surface area contributed by atoms with Crippen molar-refractivity contribution in [2.45, 2.75) is 110 Å². The van der Waals surface area contributed by atoms with E-state index in [2.05, 4.69) is 16.0 Å². The maximum absolute atomic E-state index is 12.8. The number of unbranched alkanes of at least 4 members (excludes halogenated alkanes) is 3. The van der Waals surface area contributed by atoms with E-state index < -0.39 is 29.4 Å². The fourth-order valence-electron chi connectivity index (χ4n) is 3.41. The van der Waals surface area contributed by atoms with E-state index in [1.807, 2.05) is 30.3 Å². The highest BCUT2D eigenvalue weighted by molar-refractivity contribution is 5.85. The summed E-state index contributed by atoms with van der Waals surface area (Å²) < 4.78 is 15.8. The molecule has 39 heavy (non-hydrogen) atoms. The number of alkyl carbamates (subject to hydrolysis) is 2. The van der Waals surface area contributed by atoms with E-state index in [1.165, 1.54) is 0 Å². The molecule has 10 heteroatoms. The summed E-state index contributed by atoms with van der Waals surface area (Å²) >= 11 is 0. The lowest BCUT2D eigenvalue weighted by molar-refractivity contribution is -0.145. The summed E-state index contributed by atoms with van der Waals surface area (Å²) in [5.74, 6) is -0.547. The molecule has 0 unspecified atom stereocenters. The number of ether oxygens (including phenoxy) is 3. The fraction of sp³-hybridized carbons (Fsp3) is 0.655. The number of hydrogen-bond donors (Lipinski definition) is 3. The Hall–Kier alpha value is -3.30. The van der Waals surface area contributed by atoms with E-state index >= 15 is 0 Å². The number of carbonyl (C=O) groups excluding carboxylic acids is 4. The molecule has 0 radical (unpaired) electrons. The third-order valence-electron chi connectivity index (χ3n) is 5.19. The molecule has 0 saturated carbocycles. The molecule has 3 N–H and O–H groups in total. The van der Waals surface area contributed by atoms with Gasteiger partial charge in [-0.2, -0.15) is 0 Å². The van der Waals surface area contributed by atoms with Gasteiger partial charge in [0.05, 0.1) is 0 Å². The molecule has 0 aliphatic rings. The average molecular weight is 550 g/mol. The van der Waals surface area contributed by atoms with Crippen molar-refractivity contribution in [3.8, 4) is 0 Å². The maximum atomic E-state index is 12.8. The van der Waals surface area contributed by atoms with Gasteiger partial charge in [-0.1, -0.05) is 36.8 Å². The standard InChI is InChI=1S/C29H47N3O7/c1-28(2,3)38-26(35)31-20-14-12-17-23(32-27(36)39-29(4,5)6)25(34)30-19-13-8-11-18-24(33)37-21-22-15-9-7-10-16-22/h7,9-10,15-16,23H,8,11-14,17-21H2,1-6H3,(H,30,34)(H,31,35)(H,32,36)/t23-/m0/s1. The Kier molecular flexibility index (Phi) is 15.0. The van der Waals surface area contributed by atoms with Crippen molar-refractivity contribution in [2.75, 3.05) is 13.1 Å². The van der Waals surface area contributed by atoms with E-state index in [0.29, 0.717) is 51.6 Å². The molecule has 0 heterocycles. The highest BCUT2D eigenvalue weighted by atomic mass is 16.6. The number of nitrogens with one attached hydrogen (secondary N) is 3. The van der Waals surface area contributed by atoms with Gasteiger partial charge in [0.1, 0.15) is 23.9 Å². The van der Waals surface area contributed by atoms with Crippen LogP contribution in [0.25, 0.3) is 0 Å². The molecule has 1 aromatic rings. The normalized spacial score (nSPS) is 12.2. The van der Waals surface area contributed by atoms with Crippen molar-refractivity contribution >= 4 is 24.1 Å². The summed E-state index contributed by atoms with van der Waals surface area (Å²) in [6.45, 7) is 11.7. The molecular weight excluding hydrogens is 502 g/mol. The van der Waals surface area contributed by atoms with Crippen molar-refractivity contribution < 1.29 is 33.4 Å². The first-order valence-corrected chi connectivity index (χ1v) is 13.7. The summed E-state index contributed by atoms with van der Waals surface area (Å²) in [4.78, 5) is 48.8. The average Bonchev–Trinajstić information content (AvgIpc) is 2.82. The predicted octanol–water partition coefficient (Wildman–Crippen LogP) is 4.99. The van der Waals surface area contributed by atoms with Crippen LogP contribution < -0.4 is 16.0 Å². The summed E-state index contributed by atoms with van der Waals surface area (Å²) in [6, 6.07) is 8.75. The molecule has 0 aliphatic carbocycles. The van der Waals surface area contributed by atoms with Gasteiger partial charge >= 0.3 is 18.2 Å². The smallest absolute Gasteiger partial charge is 0.408 e. The second-order valence-electron chi connectivity index (χ2n) is 11.4. The minimum atomic E-state index is -0.769. The van der Waals surface area contributed by atoms with Gasteiger partial charge in [-0.25, -0.2) is 9.59 Å². The Labute approximate surface area is 232 Å². The molecule has 0 saturated heterocycles. The molecule has 0 bridgehead atoms. The monoisotopic (exact) mass is 549 g/mol. The summed E-state index contributed by atoms with van der Waals surface area (Å²) in [5.41, 5.74) is -0.316. The quantitative estimate of drug-likeness (QED) is 0.159. The van der Waals surface area contributed by atoms with Gasteiger partial charge in [0.2, 0.25) is 5.91 Å². The molecule has 0 aliphatic heterocycles. The van der Waals surface area contributed by atoms with Crippen molar-refractivity contribution in [1.82, 2.24) is 16.0 Å². The number of hydrogen-bond acceptors (Lipinski definition) is 7. The van der Waals surface area contributed by atoms with Crippen molar-refractivity contribution in [3.63, 3.8) is 0 Å². The zero-order valence-electron chi connectivity index (χ0n) is 24.4. The molecule has 3 amide bonds. The van der Waals surface area contributed by atoms with E-state index in [1.54, 1.807) is 41.5 Å². The Morgan fingerprint density at radius 1 is 0.744 bits per heavy atom. The van der Waals surface area contributed by atoms with Crippen LogP contribution in [0.2, 0.25) is 0 Å². The van der Waals surface area contributed by atoms with Crippen LogP contribution in [0, 0.1) is 0 Å². The van der Waals surface area contributed by atoms with Crippen LogP contribution in [0.5, 0.6) is 0 Å². The lowest BCUT2D eigenvalue weighted by Crippen LogP contribution is -2.48. The molecule has 1 aromatic carbocycles. The highest BCUT2D eigenvalue weighted by Gasteiger charge is 2.24. The number of carbonyl (C=O) groups is 4. The van der Waals surface area contributed by atoms with Crippen LogP contribution in [0.15, 0.2) is 30.3 Å². The predicted molar refractivity (Wildman–Crippen MR) is 149 cm³/mol. The zero-order valence-corrected chi connectivity index (χ0v) is 24.4. The number of esters is 1. The molecule has 220 valence electrons. The first-order valence-electron chi connectivity index (χ1n) is 13.7. The lowest BCUT2D eigenvalue weighted by atomic mass is 10.1. The number of amides is 3.